The Morgan fingerprint density at radius 3 is 0.724 bits per heavy atom. The molecule has 0 N–H and O–H groups in total. The van der Waals surface area contributed by atoms with E-state index in [2.05, 4.69) is 86.9 Å². The van der Waals surface area contributed by atoms with E-state index in [1.54, 1.807) is 0 Å². The van der Waals surface area contributed by atoms with Crippen LogP contribution in [0.5, 0.6) is 0 Å². The molecule has 2 fully saturated rings. The van der Waals surface area contributed by atoms with E-state index in [1.807, 2.05) is 64.2 Å². The fourth-order valence-electron chi connectivity index (χ4n) is 2.18. The van der Waals surface area contributed by atoms with Crippen molar-refractivity contribution in [3.05, 3.63) is 125 Å². The van der Waals surface area contributed by atoms with E-state index >= 15 is 0 Å². The van der Waals surface area contributed by atoms with E-state index < -0.39 is 0 Å². The molecule has 0 heterocycles. The van der Waals surface area contributed by atoms with Crippen molar-refractivity contribution in [3.63, 3.8) is 0 Å². The first-order chi connectivity index (χ1) is 13.6. The molecule has 0 amide bonds. The molecule has 29 heavy (non-hydrogen) atoms. The largest absolute Gasteiger partial charge is 0.0791 e. The second kappa shape index (κ2) is 19.7. The first kappa shape index (κ1) is 28.8. The first-order valence-electron chi connectivity index (χ1n) is 9.65. The van der Waals surface area contributed by atoms with Crippen molar-refractivity contribution >= 4 is 28.0 Å². The zero-order valence-electron chi connectivity index (χ0n) is 18.0. The van der Waals surface area contributed by atoms with Crippen molar-refractivity contribution in [1.29, 1.82) is 0 Å². The minimum atomic E-state index is -0.212. The van der Waals surface area contributed by atoms with Gasteiger partial charge in [0.15, 0.2) is 0 Å². The van der Waals surface area contributed by atoms with Gasteiger partial charge in [-0.05, 0) is 64.2 Å². The third-order valence-electron chi connectivity index (χ3n) is 3.81. The van der Waals surface area contributed by atoms with Gasteiger partial charge in [0.25, 0.3) is 0 Å². The van der Waals surface area contributed by atoms with Crippen molar-refractivity contribution in [3.8, 4) is 0 Å². The van der Waals surface area contributed by atoms with Crippen LogP contribution in [0.15, 0.2) is 60.7 Å². The topological polar surface area (TPSA) is 0 Å². The van der Waals surface area contributed by atoms with Crippen molar-refractivity contribution in [1.82, 2.24) is 0 Å². The van der Waals surface area contributed by atoms with Crippen molar-refractivity contribution < 1.29 is 26.2 Å². The predicted molar refractivity (Wildman–Crippen MR) is 130 cm³/mol. The molecule has 148 valence electrons. The normalized spacial score (nSPS) is 14.6. The number of hydrogen-bond donors (Lipinski definition) is 0. The van der Waals surface area contributed by atoms with Crippen LogP contribution in [-0.2, 0) is 26.2 Å². The van der Waals surface area contributed by atoms with Crippen LogP contribution in [0.2, 0.25) is 26.2 Å². The van der Waals surface area contributed by atoms with Crippen LogP contribution in [-0.4, -0.2) is 17.6 Å². The Morgan fingerprint density at radius 2 is 0.586 bits per heavy atom. The molecule has 0 bridgehead atoms. The van der Waals surface area contributed by atoms with Crippen LogP contribution >= 0.6 is 0 Å². The number of benzene rings is 2. The van der Waals surface area contributed by atoms with Gasteiger partial charge in [0, 0.05) is 26.2 Å². The number of hydrogen-bond acceptors (Lipinski definition) is 0. The summed E-state index contributed by atoms with van der Waals surface area (Å²) in [4.78, 5) is 0. The summed E-state index contributed by atoms with van der Waals surface area (Å²) >= 11 is 0. The summed E-state index contributed by atoms with van der Waals surface area (Å²) in [5.74, 6) is 0. The Hall–Kier alpha value is -0.243. The average Bonchev–Trinajstić information content (AvgIpc) is 3.48. The zero-order valence-corrected chi connectivity index (χ0v) is 22.5. The average molecular weight is 492 g/mol. The standard InChI is InChI=1S/2C8H11Si.2C5H5.Zr/c2*1-9(2)8-6-4-3-5-7-8;2*1-2-4-5-3-1;/h2*3-7H,1-2H3;2*1-5H;. The van der Waals surface area contributed by atoms with E-state index in [0.717, 1.165) is 0 Å². The maximum atomic E-state index is 2.31. The third kappa shape index (κ3) is 16.2. The van der Waals surface area contributed by atoms with Crippen molar-refractivity contribution in [2.24, 2.45) is 0 Å². The minimum Gasteiger partial charge on any atom is -0.0671 e. The van der Waals surface area contributed by atoms with E-state index in [0.29, 0.717) is 0 Å². The SMILES string of the molecule is C[Si](C)c1ccccc1.C[Si](C)c1ccccc1.[CH]1[CH][CH][CH][CH]1.[CH]1[CH][CH][CH][CH]1.[Zr]. The van der Waals surface area contributed by atoms with Crippen molar-refractivity contribution in [2.75, 3.05) is 0 Å². The summed E-state index contributed by atoms with van der Waals surface area (Å²) in [6, 6.07) is 21.4. The Bertz CT molecular complexity index is 493. The van der Waals surface area contributed by atoms with Gasteiger partial charge in [0.2, 0.25) is 0 Å². The van der Waals surface area contributed by atoms with E-state index in [1.165, 1.54) is 10.4 Å². The molecule has 2 aliphatic carbocycles. The van der Waals surface area contributed by atoms with Crippen molar-refractivity contribution in [2.45, 2.75) is 26.2 Å². The van der Waals surface area contributed by atoms with E-state index in [9.17, 15) is 0 Å². The molecule has 2 aromatic rings. The molecule has 2 aliphatic rings. The maximum absolute atomic E-state index is 2.31. The molecule has 0 saturated heterocycles. The van der Waals surface area contributed by atoms with Gasteiger partial charge in [0.05, 0.1) is 17.6 Å². The molecule has 0 atom stereocenters. The number of rotatable bonds is 2. The van der Waals surface area contributed by atoms with Gasteiger partial charge in [0.1, 0.15) is 0 Å². The van der Waals surface area contributed by atoms with E-state index in [-0.39, 0.29) is 43.8 Å². The summed E-state index contributed by atoms with van der Waals surface area (Å²) < 4.78 is 0. The van der Waals surface area contributed by atoms with Crippen LogP contribution in [0.25, 0.3) is 0 Å². The van der Waals surface area contributed by atoms with Crippen LogP contribution in [0.4, 0.5) is 0 Å². The smallest absolute Gasteiger partial charge is 0.0671 e. The molecular formula is C26H32Si2Zr. The Kier molecular flexibility index (Phi) is 19.5. The quantitative estimate of drug-likeness (QED) is 0.498. The Morgan fingerprint density at radius 1 is 0.379 bits per heavy atom. The van der Waals surface area contributed by atoms with Gasteiger partial charge < -0.3 is 0 Å². The van der Waals surface area contributed by atoms with Crippen LogP contribution < -0.4 is 10.4 Å². The molecule has 3 heteroatoms. The van der Waals surface area contributed by atoms with Gasteiger partial charge in [-0.1, -0.05) is 97.2 Å². The molecule has 0 aromatic heterocycles. The molecule has 0 unspecified atom stereocenters. The summed E-state index contributed by atoms with van der Waals surface area (Å²) in [6.45, 7) is 9.22. The predicted octanol–water partition coefficient (Wildman–Crippen LogP) is 5.34. The van der Waals surface area contributed by atoms with E-state index in [4.69, 9.17) is 0 Å². The molecule has 0 nitrogen and oxygen atoms in total. The van der Waals surface area contributed by atoms with Gasteiger partial charge >= 0.3 is 0 Å². The van der Waals surface area contributed by atoms with Crippen LogP contribution in [0.3, 0.4) is 0 Å². The monoisotopic (exact) mass is 490 g/mol. The second-order valence-corrected chi connectivity index (χ2v) is 11.8. The molecule has 2 aromatic carbocycles. The molecule has 2 saturated carbocycles. The second-order valence-electron chi connectivity index (χ2n) is 6.66. The van der Waals surface area contributed by atoms with Gasteiger partial charge in [-0.15, -0.1) is 0 Å². The molecular weight excluding hydrogens is 460 g/mol. The zero-order chi connectivity index (χ0) is 20.5. The van der Waals surface area contributed by atoms with Gasteiger partial charge in [-0.25, -0.2) is 0 Å². The summed E-state index contributed by atoms with van der Waals surface area (Å²) in [5, 5.41) is 3.03. The summed E-state index contributed by atoms with van der Waals surface area (Å²) in [6.07, 6.45) is 20.0. The Balaban J connectivity index is 0.000000369. The minimum absolute atomic E-state index is 0. The third-order valence-corrected chi connectivity index (χ3v) is 6.79. The maximum Gasteiger partial charge on any atom is 0.0791 e. The molecule has 0 spiro atoms. The molecule has 0 aliphatic heterocycles. The molecule has 4 rings (SSSR count). The van der Waals surface area contributed by atoms with Gasteiger partial charge in [-0.2, -0.15) is 0 Å². The summed E-state index contributed by atoms with van der Waals surface area (Å²) in [7, 11) is -0.424. The fraction of sp³-hybridized carbons (Fsp3) is 0.154. The fourth-order valence-corrected chi connectivity index (χ4v) is 3.90. The molecule has 12 radical (unpaired) electrons. The summed E-state index contributed by atoms with van der Waals surface area (Å²) in [5.41, 5.74) is 0. The first-order valence-corrected chi connectivity index (χ1v) is 14.7. The Labute approximate surface area is 204 Å². The van der Waals surface area contributed by atoms with Crippen LogP contribution in [0.1, 0.15) is 0 Å². The van der Waals surface area contributed by atoms with Gasteiger partial charge in [-0.3, -0.25) is 0 Å². The van der Waals surface area contributed by atoms with Crippen LogP contribution in [0, 0.1) is 64.2 Å².